The van der Waals surface area contributed by atoms with Crippen LogP contribution in [0.25, 0.3) is 0 Å². The number of hydrogen-bond donors (Lipinski definition) is 1. The Balaban J connectivity index is 2.02. The molecular formula is C15H17NO4. The molecule has 0 saturated heterocycles. The predicted molar refractivity (Wildman–Crippen MR) is 68.3 cm³/mol. The molecule has 4 atom stereocenters. The minimum Gasteiger partial charge on any atom is -0.481 e. The highest BCUT2D eigenvalue weighted by molar-refractivity contribution is 5.82. The average molecular weight is 275 g/mol. The van der Waals surface area contributed by atoms with Crippen molar-refractivity contribution >= 4 is 11.9 Å². The number of carbonyl (C=O) groups excluding carboxylic acids is 1. The fourth-order valence-electron chi connectivity index (χ4n) is 5.08. The zero-order valence-corrected chi connectivity index (χ0v) is 11.2. The van der Waals surface area contributed by atoms with Crippen molar-refractivity contribution in [1.82, 2.24) is 0 Å². The molecule has 4 saturated carbocycles. The zero-order chi connectivity index (χ0) is 14.6. The highest BCUT2D eigenvalue weighted by Gasteiger charge is 2.67. The lowest BCUT2D eigenvalue weighted by molar-refractivity contribution is -0.216. The van der Waals surface area contributed by atoms with E-state index < -0.39 is 28.4 Å². The van der Waals surface area contributed by atoms with E-state index in [4.69, 9.17) is 4.74 Å². The lowest BCUT2D eigenvalue weighted by Gasteiger charge is -2.62. The third kappa shape index (κ3) is 1.67. The number of carbonyl (C=O) groups is 2. The van der Waals surface area contributed by atoms with Crippen LogP contribution in [0.1, 0.15) is 38.5 Å². The van der Waals surface area contributed by atoms with Crippen molar-refractivity contribution in [3.8, 4) is 6.07 Å². The van der Waals surface area contributed by atoms with Crippen LogP contribution in [0.5, 0.6) is 0 Å². The molecule has 4 bridgehead atoms. The van der Waals surface area contributed by atoms with E-state index in [0.29, 0.717) is 32.1 Å². The number of carboxylic acids is 1. The Morgan fingerprint density at radius 1 is 1.30 bits per heavy atom. The van der Waals surface area contributed by atoms with Gasteiger partial charge in [0.15, 0.2) is 0 Å². The van der Waals surface area contributed by atoms with Gasteiger partial charge < -0.3 is 9.84 Å². The van der Waals surface area contributed by atoms with Crippen LogP contribution < -0.4 is 0 Å². The third-order valence-corrected chi connectivity index (χ3v) is 5.19. The van der Waals surface area contributed by atoms with Crippen LogP contribution in [0.3, 0.4) is 0 Å². The van der Waals surface area contributed by atoms with Gasteiger partial charge in [-0.2, -0.15) is 5.26 Å². The highest BCUT2D eigenvalue weighted by Crippen LogP contribution is 2.67. The number of ether oxygens (including phenoxy) is 1. The summed E-state index contributed by atoms with van der Waals surface area (Å²) in [4.78, 5) is 23.3. The molecule has 4 rings (SSSR count). The molecule has 0 aliphatic heterocycles. The van der Waals surface area contributed by atoms with Gasteiger partial charge in [0.05, 0.1) is 16.9 Å². The first-order valence-corrected chi connectivity index (χ1v) is 6.87. The van der Waals surface area contributed by atoms with Crippen molar-refractivity contribution in [3.05, 3.63) is 12.7 Å². The molecular weight excluding hydrogens is 258 g/mol. The SMILES string of the molecule is C=CC(=O)OC12CC3CC(C#N)(C1)CC(C(=O)O)(C3)C2. The monoisotopic (exact) mass is 275 g/mol. The van der Waals surface area contributed by atoms with E-state index in [1.807, 2.05) is 0 Å². The Kier molecular flexibility index (Phi) is 2.53. The fraction of sp³-hybridized carbons (Fsp3) is 0.667. The van der Waals surface area contributed by atoms with Crippen molar-refractivity contribution in [2.75, 3.05) is 0 Å². The molecule has 0 heterocycles. The van der Waals surface area contributed by atoms with Crippen LogP contribution in [0.4, 0.5) is 0 Å². The molecule has 0 radical (unpaired) electrons. The van der Waals surface area contributed by atoms with Gasteiger partial charge in [-0.25, -0.2) is 4.79 Å². The lowest BCUT2D eigenvalue weighted by Crippen LogP contribution is -2.63. The fourth-order valence-corrected chi connectivity index (χ4v) is 5.08. The molecule has 5 nitrogen and oxygen atoms in total. The van der Waals surface area contributed by atoms with Gasteiger partial charge >= 0.3 is 11.9 Å². The van der Waals surface area contributed by atoms with Gasteiger partial charge in [0.1, 0.15) is 5.60 Å². The number of carboxylic acid groups (broad SMARTS) is 1. The summed E-state index contributed by atoms with van der Waals surface area (Å²) < 4.78 is 5.53. The molecule has 5 heteroatoms. The van der Waals surface area contributed by atoms with Crippen LogP contribution in [0, 0.1) is 28.1 Å². The van der Waals surface area contributed by atoms with E-state index >= 15 is 0 Å². The third-order valence-electron chi connectivity index (χ3n) is 5.19. The molecule has 0 spiro atoms. The second-order valence-electron chi connectivity index (χ2n) is 6.79. The summed E-state index contributed by atoms with van der Waals surface area (Å²) >= 11 is 0. The van der Waals surface area contributed by atoms with Crippen LogP contribution in [0.15, 0.2) is 12.7 Å². The summed E-state index contributed by atoms with van der Waals surface area (Å²) in [6.45, 7) is 3.39. The summed E-state index contributed by atoms with van der Waals surface area (Å²) in [6, 6.07) is 2.32. The number of aliphatic carboxylic acids is 1. The van der Waals surface area contributed by atoms with Gasteiger partial charge in [-0.15, -0.1) is 0 Å². The second kappa shape index (κ2) is 3.85. The average Bonchev–Trinajstić information content (AvgIpc) is 2.36. The summed E-state index contributed by atoms with van der Waals surface area (Å²) in [6.07, 6.45) is 4.27. The van der Waals surface area contributed by atoms with E-state index in [0.717, 1.165) is 12.5 Å². The molecule has 4 unspecified atom stereocenters. The lowest BCUT2D eigenvalue weighted by atomic mass is 9.43. The maximum atomic E-state index is 11.7. The van der Waals surface area contributed by atoms with Crippen LogP contribution in [0.2, 0.25) is 0 Å². The number of esters is 1. The zero-order valence-electron chi connectivity index (χ0n) is 11.2. The molecule has 1 N–H and O–H groups in total. The standard InChI is InChI=1S/C15H17NO4/c1-2-11(17)20-15-5-10-3-13(7-15,9-16)6-14(4-10,8-15)12(18)19/h2,10H,1,3-8H2,(H,18,19). The van der Waals surface area contributed by atoms with Crippen LogP contribution >= 0.6 is 0 Å². The number of hydrogen-bond acceptors (Lipinski definition) is 4. The van der Waals surface area contributed by atoms with Crippen molar-refractivity contribution in [3.63, 3.8) is 0 Å². The molecule has 106 valence electrons. The number of nitriles is 1. The smallest absolute Gasteiger partial charge is 0.330 e. The number of rotatable bonds is 3. The normalized spacial score (nSPS) is 44.6. The van der Waals surface area contributed by atoms with Crippen molar-refractivity contribution in [2.45, 2.75) is 44.1 Å². The first-order chi connectivity index (χ1) is 9.37. The van der Waals surface area contributed by atoms with E-state index in [2.05, 4.69) is 12.6 Å². The Labute approximate surface area is 117 Å². The molecule has 4 fully saturated rings. The molecule has 0 aromatic carbocycles. The van der Waals surface area contributed by atoms with Crippen LogP contribution in [-0.4, -0.2) is 22.6 Å². The minimum absolute atomic E-state index is 0.152. The molecule has 0 aromatic rings. The van der Waals surface area contributed by atoms with Gasteiger partial charge in [-0.3, -0.25) is 4.79 Å². The van der Waals surface area contributed by atoms with Crippen molar-refractivity contribution in [2.24, 2.45) is 16.7 Å². The molecule has 4 aliphatic rings. The Morgan fingerprint density at radius 3 is 2.65 bits per heavy atom. The molecule has 4 aliphatic carbocycles. The highest BCUT2D eigenvalue weighted by atomic mass is 16.6. The van der Waals surface area contributed by atoms with E-state index in [9.17, 15) is 20.0 Å². The quantitative estimate of drug-likeness (QED) is 0.629. The van der Waals surface area contributed by atoms with Gasteiger partial charge in [0.2, 0.25) is 0 Å². The Bertz CT molecular complexity index is 551. The van der Waals surface area contributed by atoms with Gasteiger partial charge in [-0.1, -0.05) is 6.58 Å². The Morgan fingerprint density at radius 2 is 2.05 bits per heavy atom. The van der Waals surface area contributed by atoms with Gasteiger partial charge in [-0.05, 0) is 31.6 Å². The summed E-state index contributed by atoms with van der Waals surface area (Å²) in [5.74, 6) is -1.24. The topological polar surface area (TPSA) is 87.4 Å². The van der Waals surface area contributed by atoms with Crippen LogP contribution in [-0.2, 0) is 14.3 Å². The first kappa shape index (κ1) is 13.2. The summed E-state index contributed by atoms with van der Waals surface area (Å²) in [7, 11) is 0. The van der Waals surface area contributed by atoms with Crippen molar-refractivity contribution in [1.29, 1.82) is 5.26 Å². The number of nitrogens with zero attached hydrogens (tertiary/aromatic N) is 1. The van der Waals surface area contributed by atoms with E-state index in [1.165, 1.54) is 0 Å². The van der Waals surface area contributed by atoms with E-state index in [1.54, 1.807) is 0 Å². The van der Waals surface area contributed by atoms with Gasteiger partial charge in [0, 0.05) is 18.9 Å². The van der Waals surface area contributed by atoms with Crippen molar-refractivity contribution < 1.29 is 19.4 Å². The maximum Gasteiger partial charge on any atom is 0.330 e. The Hall–Kier alpha value is -1.83. The van der Waals surface area contributed by atoms with Gasteiger partial charge in [0.25, 0.3) is 0 Å². The largest absolute Gasteiger partial charge is 0.481 e. The molecule has 0 aromatic heterocycles. The maximum absolute atomic E-state index is 11.7. The molecule has 20 heavy (non-hydrogen) atoms. The molecule has 0 amide bonds. The van der Waals surface area contributed by atoms with E-state index in [-0.39, 0.29) is 5.92 Å². The second-order valence-corrected chi connectivity index (χ2v) is 6.79. The minimum atomic E-state index is -0.906. The predicted octanol–water partition coefficient (Wildman–Crippen LogP) is 2.03. The first-order valence-electron chi connectivity index (χ1n) is 6.87. The summed E-state index contributed by atoms with van der Waals surface area (Å²) in [5, 5.41) is 19.2. The summed E-state index contributed by atoms with van der Waals surface area (Å²) in [5.41, 5.74) is -2.35.